The number of rotatable bonds is 51. The molecule has 2 aliphatic rings. The van der Waals surface area contributed by atoms with Crippen molar-refractivity contribution in [2.24, 2.45) is 23.7 Å². The highest BCUT2D eigenvalue weighted by Gasteiger charge is 2.35. The van der Waals surface area contributed by atoms with Gasteiger partial charge < -0.3 is 45.5 Å². The Bertz CT molecular complexity index is 1790. The number of carbonyl (C=O) groups excluding carboxylic acids is 7. The van der Waals surface area contributed by atoms with Crippen molar-refractivity contribution in [2.45, 2.75) is 225 Å². The van der Waals surface area contributed by atoms with Gasteiger partial charge in [-0.3, -0.25) is 48.1 Å². The first-order valence-electron chi connectivity index (χ1n) is 29.7. The number of ketones is 2. The van der Waals surface area contributed by atoms with E-state index < -0.39 is 41.6 Å². The van der Waals surface area contributed by atoms with Crippen LogP contribution in [0.1, 0.15) is 219 Å². The topological polar surface area (TPSA) is 298 Å². The van der Waals surface area contributed by atoms with Crippen LogP contribution >= 0.6 is 0 Å². The zero-order valence-electron chi connectivity index (χ0n) is 47.2. The number of Topliss-reactive ketones (excluding diaryl/α,β-unsaturated/α-hetero) is 2. The standard InChI is InChI=1S/C58H98N4O16/c1-44-42-52(66)62(57(44)73)35-32-51(65)59-33-18-36-76-38-40-78-41-39-77-37-19-34-60-55(71)47(27-31-54(69)70)43-49(64)29-30-50(58(74)75)61-56(72)46-25-22-45(23-26-46)24-28-48(63)20-16-14-12-10-8-6-4-2-3-5-7-9-11-13-15-17-21-53(67)68/h44-47,50H,2-43H2,1H3,(H,59,65)(H,60,71)(H,61,72)(H,67,68)(H,69,70)(H,74,75). The van der Waals surface area contributed by atoms with Gasteiger partial charge in [0.05, 0.1) is 26.4 Å². The second-order valence-corrected chi connectivity index (χ2v) is 21.6. The van der Waals surface area contributed by atoms with E-state index >= 15 is 0 Å². The minimum absolute atomic E-state index is 0.0578. The first-order valence-corrected chi connectivity index (χ1v) is 29.7. The van der Waals surface area contributed by atoms with Crippen molar-refractivity contribution in [1.29, 1.82) is 0 Å². The molecule has 1 heterocycles. The molecule has 1 aliphatic carbocycles. The summed E-state index contributed by atoms with van der Waals surface area (Å²) < 4.78 is 16.5. The van der Waals surface area contributed by atoms with Gasteiger partial charge in [-0.25, -0.2) is 4.79 Å². The van der Waals surface area contributed by atoms with Crippen molar-refractivity contribution in [1.82, 2.24) is 20.9 Å². The van der Waals surface area contributed by atoms with E-state index in [4.69, 9.17) is 19.3 Å². The van der Waals surface area contributed by atoms with E-state index in [1.807, 2.05) is 0 Å². The zero-order chi connectivity index (χ0) is 57.2. The first kappa shape index (κ1) is 69.3. The number of nitrogens with zero attached hydrogens (tertiary/aromatic N) is 1. The molecule has 0 radical (unpaired) electrons. The Balaban J connectivity index is 1.49. The molecule has 5 amide bonds. The van der Waals surface area contributed by atoms with Crippen molar-refractivity contribution in [3.05, 3.63) is 0 Å². The summed E-state index contributed by atoms with van der Waals surface area (Å²) in [6, 6.07) is -1.29. The van der Waals surface area contributed by atoms with E-state index in [1.165, 1.54) is 64.2 Å². The summed E-state index contributed by atoms with van der Waals surface area (Å²) in [5.74, 6) is -6.05. The van der Waals surface area contributed by atoms with Crippen LogP contribution in [0.2, 0.25) is 0 Å². The van der Waals surface area contributed by atoms with E-state index in [9.17, 15) is 58.2 Å². The van der Waals surface area contributed by atoms with Crippen LogP contribution in [0.4, 0.5) is 0 Å². The lowest BCUT2D eigenvalue weighted by molar-refractivity contribution is -0.143. The second-order valence-electron chi connectivity index (χ2n) is 21.6. The maximum absolute atomic E-state index is 13.2. The average Bonchev–Trinajstić information content (AvgIpc) is 3.66. The minimum atomic E-state index is -1.29. The Morgan fingerprint density at radius 3 is 1.55 bits per heavy atom. The fourth-order valence-electron chi connectivity index (χ4n) is 9.99. The fourth-order valence-corrected chi connectivity index (χ4v) is 9.99. The van der Waals surface area contributed by atoms with Gasteiger partial charge in [0, 0.05) is 102 Å². The van der Waals surface area contributed by atoms with Gasteiger partial charge in [0.2, 0.25) is 29.5 Å². The van der Waals surface area contributed by atoms with E-state index in [-0.39, 0.29) is 99.9 Å². The molecular formula is C58H98N4O16. The van der Waals surface area contributed by atoms with Crippen LogP contribution in [0.3, 0.4) is 0 Å². The molecule has 0 aromatic rings. The molecule has 1 saturated heterocycles. The van der Waals surface area contributed by atoms with E-state index in [2.05, 4.69) is 16.0 Å². The summed E-state index contributed by atoms with van der Waals surface area (Å²) in [5, 5.41) is 35.9. The molecule has 1 aliphatic heterocycles. The molecule has 446 valence electrons. The number of imide groups is 1. The van der Waals surface area contributed by atoms with Gasteiger partial charge in [-0.2, -0.15) is 0 Å². The fraction of sp³-hybridized carbons (Fsp3) is 0.828. The summed E-state index contributed by atoms with van der Waals surface area (Å²) in [7, 11) is 0. The van der Waals surface area contributed by atoms with Gasteiger partial charge in [0.15, 0.2) is 0 Å². The minimum Gasteiger partial charge on any atom is -0.481 e. The number of carboxylic acid groups (broad SMARTS) is 3. The van der Waals surface area contributed by atoms with Crippen molar-refractivity contribution in [2.75, 3.05) is 59.3 Å². The SMILES string of the molecule is CC1CC(=O)N(CCC(=O)NCCCOCCOCCOCCCNC(=O)C(CCC(=O)O)CC(=O)CCC(NC(=O)C2CCC(CCC(=O)CCCCCCCCCCCCCCCCCCC(=O)O)CC2)C(=O)O)C1=O. The third-order valence-electron chi connectivity index (χ3n) is 14.9. The summed E-state index contributed by atoms with van der Waals surface area (Å²) in [6.45, 7) is 4.43. The third kappa shape index (κ3) is 34.9. The number of hydrogen-bond donors (Lipinski definition) is 6. The highest BCUT2D eigenvalue weighted by molar-refractivity contribution is 6.03. The number of ether oxygens (including phenoxy) is 3. The highest BCUT2D eigenvalue weighted by atomic mass is 16.5. The molecule has 2 rings (SSSR count). The van der Waals surface area contributed by atoms with Crippen LogP contribution < -0.4 is 16.0 Å². The largest absolute Gasteiger partial charge is 0.481 e. The monoisotopic (exact) mass is 1110 g/mol. The molecule has 20 heteroatoms. The Morgan fingerprint density at radius 2 is 1.05 bits per heavy atom. The zero-order valence-corrected chi connectivity index (χ0v) is 47.2. The quantitative estimate of drug-likeness (QED) is 0.0249. The predicted molar refractivity (Wildman–Crippen MR) is 292 cm³/mol. The van der Waals surface area contributed by atoms with Crippen LogP contribution in [0.15, 0.2) is 0 Å². The van der Waals surface area contributed by atoms with E-state index in [1.54, 1.807) is 6.92 Å². The average molecular weight is 1110 g/mol. The lowest BCUT2D eigenvalue weighted by Gasteiger charge is -2.28. The smallest absolute Gasteiger partial charge is 0.326 e. The number of carboxylic acids is 3. The van der Waals surface area contributed by atoms with Gasteiger partial charge in [0.25, 0.3) is 0 Å². The molecule has 0 bridgehead atoms. The van der Waals surface area contributed by atoms with Crippen LogP contribution in [0.5, 0.6) is 0 Å². The van der Waals surface area contributed by atoms with Gasteiger partial charge in [-0.15, -0.1) is 0 Å². The number of aliphatic carboxylic acids is 3. The molecule has 6 N–H and O–H groups in total. The Morgan fingerprint density at radius 1 is 0.551 bits per heavy atom. The van der Waals surface area contributed by atoms with Gasteiger partial charge in [-0.1, -0.05) is 96.8 Å². The highest BCUT2D eigenvalue weighted by Crippen LogP contribution is 2.32. The molecule has 0 aromatic carbocycles. The number of likely N-dealkylation sites (tertiary alicyclic amines) is 1. The van der Waals surface area contributed by atoms with Crippen LogP contribution in [-0.4, -0.2) is 145 Å². The molecular weight excluding hydrogens is 1010 g/mol. The maximum atomic E-state index is 13.2. The van der Waals surface area contributed by atoms with Gasteiger partial charge in [-0.05, 0) is 76.5 Å². The number of hydrogen-bond acceptors (Lipinski definition) is 13. The Kier molecular flexibility index (Phi) is 39.1. The Hall–Kier alpha value is -4.82. The van der Waals surface area contributed by atoms with Crippen molar-refractivity contribution in [3.63, 3.8) is 0 Å². The van der Waals surface area contributed by atoms with Gasteiger partial charge >= 0.3 is 17.9 Å². The van der Waals surface area contributed by atoms with Gasteiger partial charge in [0.1, 0.15) is 17.6 Å². The molecule has 78 heavy (non-hydrogen) atoms. The summed E-state index contributed by atoms with van der Waals surface area (Å²) in [6.07, 6.45) is 23.9. The van der Waals surface area contributed by atoms with Crippen LogP contribution in [0.25, 0.3) is 0 Å². The molecule has 1 saturated carbocycles. The van der Waals surface area contributed by atoms with E-state index in [0.29, 0.717) is 96.4 Å². The molecule has 20 nitrogen and oxygen atoms in total. The molecule has 3 unspecified atom stereocenters. The Labute approximate surface area is 463 Å². The van der Waals surface area contributed by atoms with Crippen LogP contribution in [0, 0.1) is 23.7 Å². The van der Waals surface area contributed by atoms with E-state index in [0.717, 1.165) is 62.7 Å². The third-order valence-corrected chi connectivity index (χ3v) is 14.9. The normalized spacial score (nSPS) is 17.1. The van der Waals surface area contributed by atoms with Crippen molar-refractivity contribution < 1.29 is 77.5 Å². The molecule has 0 aromatic heterocycles. The lowest BCUT2D eigenvalue weighted by atomic mass is 9.79. The second kappa shape index (κ2) is 44.0. The number of nitrogens with one attached hydrogen (secondary N) is 3. The molecule has 2 fully saturated rings. The molecule has 3 atom stereocenters. The van der Waals surface area contributed by atoms with Crippen molar-refractivity contribution >= 4 is 59.0 Å². The summed E-state index contributed by atoms with van der Waals surface area (Å²) in [5.41, 5.74) is 0. The number of unbranched alkanes of at least 4 members (excludes halogenated alkanes) is 15. The molecule has 0 spiro atoms. The first-order chi connectivity index (χ1) is 37.6. The van der Waals surface area contributed by atoms with Crippen molar-refractivity contribution in [3.8, 4) is 0 Å². The predicted octanol–water partition coefficient (Wildman–Crippen LogP) is 7.89. The lowest BCUT2D eigenvalue weighted by Crippen LogP contribution is -2.44. The summed E-state index contributed by atoms with van der Waals surface area (Å²) in [4.78, 5) is 123. The summed E-state index contributed by atoms with van der Waals surface area (Å²) >= 11 is 0. The van der Waals surface area contributed by atoms with Crippen LogP contribution in [-0.2, 0) is 62.2 Å². The number of carbonyl (C=O) groups is 10. The maximum Gasteiger partial charge on any atom is 0.326 e. The number of amides is 5.